The van der Waals surface area contributed by atoms with Crippen molar-refractivity contribution in [3.8, 4) is 0 Å². The molecule has 1 heterocycles. The van der Waals surface area contributed by atoms with Gasteiger partial charge in [-0.05, 0) is 47.0 Å². The van der Waals surface area contributed by atoms with E-state index in [4.69, 9.17) is 4.74 Å². The molecule has 0 aromatic heterocycles. The van der Waals surface area contributed by atoms with Crippen LogP contribution < -0.4 is 5.32 Å². The molecule has 19 heavy (non-hydrogen) atoms. The van der Waals surface area contributed by atoms with E-state index < -0.39 is 5.60 Å². The summed E-state index contributed by atoms with van der Waals surface area (Å²) in [5.41, 5.74) is 0.684. The first-order chi connectivity index (χ1) is 8.79. The minimum absolute atomic E-state index is 0.186. The Bertz CT molecular complexity index is 321. The van der Waals surface area contributed by atoms with Crippen LogP contribution in [0.1, 0.15) is 47.0 Å². The van der Waals surface area contributed by atoms with Crippen LogP contribution in [-0.2, 0) is 4.74 Å². The summed E-state index contributed by atoms with van der Waals surface area (Å²) in [6.07, 6.45) is 3.10. The average molecular weight is 268 g/mol. The van der Waals surface area contributed by atoms with Crippen molar-refractivity contribution in [2.45, 2.75) is 58.6 Å². The molecule has 0 spiro atoms. The van der Waals surface area contributed by atoms with E-state index in [1.54, 1.807) is 0 Å². The predicted molar refractivity (Wildman–Crippen MR) is 78.3 cm³/mol. The van der Waals surface area contributed by atoms with Gasteiger partial charge < -0.3 is 15.0 Å². The number of nitrogens with zero attached hydrogens (tertiary/aromatic N) is 1. The van der Waals surface area contributed by atoms with Crippen LogP contribution in [0.4, 0.5) is 4.79 Å². The van der Waals surface area contributed by atoms with Gasteiger partial charge in [0, 0.05) is 25.7 Å². The van der Waals surface area contributed by atoms with Crippen LogP contribution in [0, 0.1) is 0 Å². The Morgan fingerprint density at radius 3 is 2.68 bits per heavy atom. The molecule has 0 aromatic rings. The highest BCUT2D eigenvalue weighted by molar-refractivity contribution is 5.68. The van der Waals surface area contributed by atoms with Crippen LogP contribution in [0.5, 0.6) is 0 Å². The minimum atomic E-state index is -0.426. The van der Waals surface area contributed by atoms with Crippen molar-refractivity contribution >= 4 is 6.09 Å². The molecule has 4 heteroatoms. The summed E-state index contributed by atoms with van der Waals surface area (Å²) < 4.78 is 5.48. The standard InChI is InChI=1S/C15H28N2O2/c1-12(2)10-16-11-13-8-6-7-9-17(13)14(18)19-15(3,4)5/h13,16H,1,6-11H2,2-5H3. The van der Waals surface area contributed by atoms with Gasteiger partial charge in [-0.2, -0.15) is 0 Å². The van der Waals surface area contributed by atoms with Crippen LogP contribution in [0.15, 0.2) is 12.2 Å². The van der Waals surface area contributed by atoms with E-state index in [1.165, 1.54) is 6.42 Å². The second-order valence-electron chi connectivity index (χ2n) is 6.41. The first kappa shape index (κ1) is 16.0. The van der Waals surface area contributed by atoms with E-state index in [9.17, 15) is 4.79 Å². The summed E-state index contributed by atoms with van der Waals surface area (Å²) in [6.45, 7) is 14.0. The molecule has 0 saturated carbocycles. The number of amides is 1. The van der Waals surface area contributed by atoms with E-state index in [0.29, 0.717) is 0 Å². The number of ether oxygens (including phenoxy) is 1. The summed E-state index contributed by atoms with van der Waals surface area (Å²) in [4.78, 5) is 14.1. The van der Waals surface area contributed by atoms with E-state index in [-0.39, 0.29) is 12.1 Å². The van der Waals surface area contributed by atoms with Crippen LogP contribution >= 0.6 is 0 Å². The lowest BCUT2D eigenvalue weighted by Gasteiger charge is -2.37. The molecular weight excluding hydrogens is 240 g/mol. The first-order valence-corrected chi connectivity index (χ1v) is 7.14. The monoisotopic (exact) mass is 268 g/mol. The number of rotatable bonds is 4. The van der Waals surface area contributed by atoms with Gasteiger partial charge in [0.1, 0.15) is 5.60 Å². The van der Waals surface area contributed by atoms with Crippen LogP contribution in [0.3, 0.4) is 0 Å². The Morgan fingerprint density at radius 1 is 1.42 bits per heavy atom. The smallest absolute Gasteiger partial charge is 0.410 e. The number of likely N-dealkylation sites (tertiary alicyclic amines) is 1. The molecular formula is C15H28N2O2. The second-order valence-corrected chi connectivity index (χ2v) is 6.41. The van der Waals surface area contributed by atoms with Crippen LogP contribution in [0.25, 0.3) is 0 Å². The lowest BCUT2D eigenvalue weighted by molar-refractivity contribution is 0.0101. The van der Waals surface area contributed by atoms with E-state index >= 15 is 0 Å². The summed E-state index contributed by atoms with van der Waals surface area (Å²) >= 11 is 0. The lowest BCUT2D eigenvalue weighted by Crippen LogP contribution is -2.50. The fourth-order valence-electron chi connectivity index (χ4n) is 2.23. The first-order valence-electron chi connectivity index (χ1n) is 7.14. The van der Waals surface area contributed by atoms with Crippen molar-refractivity contribution in [2.24, 2.45) is 0 Å². The Kier molecular flexibility index (Phi) is 5.85. The molecule has 0 aromatic carbocycles. The summed E-state index contributed by atoms with van der Waals surface area (Å²) in [6, 6.07) is 0.239. The molecule has 0 radical (unpaired) electrons. The van der Waals surface area contributed by atoms with Gasteiger partial charge in [-0.25, -0.2) is 4.79 Å². The van der Waals surface area contributed by atoms with Crippen molar-refractivity contribution in [1.82, 2.24) is 10.2 Å². The van der Waals surface area contributed by atoms with Crippen molar-refractivity contribution < 1.29 is 9.53 Å². The number of nitrogens with one attached hydrogen (secondary N) is 1. The van der Waals surface area contributed by atoms with Crippen molar-refractivity contribution in [3.63, 3.8) is 0 Å². The maximum Gasteiger partial charge on any atom is 0.410 e. The zero-order valence-electron chi connectivity index (χ0n) is 12.8. The normalized spacial score (nSPS) is 20.2. The minimum Gasteiger partial charge on any atom is -0.444 e. The van der Waals surface area contributed by atoms with E-state index in [0.717, 1.165) is 38.0 Å². The van der Waals surface area contributed by atoms with Gasteiger partial charge in [0.25, 0.3) is 0 Å². The van der Waals surface area contributed by atoms with Gasteiger partial charge in [0.15, 0.2) is 0 Å². The quantitative estimate of drug-likeness (QED) is 0.797. The molecule has 1 saturated heterocycles. The molecule has 1 aliphatic rings. The Morgan fingerprint density at radius 2 is 2.11 bits per heavy atom. The second kappa shape index (κ2) is 6.94. The SMILES string of the molecule is C=C(C)CNCC1CCCCN1C(=O)OC(C)(C)C. The highest BCUT2D eigenvalue weighted by atomic mass is 16.6. The van der Waals surface area contributed by atoms with Crippen LogP contribution in [0.2, 0.25) is 0 Å². The Balaban J connectivity index is 2.51. The lowest BCUT2D eigenvalue weighted by atomic mass is 10.0. The molecule has 110 valence electrons. The number of carbonyl (C=O) groups excluding carboxylic acids is 1. The number of carbonyl (C=O) groups is 1. The van der Waals surface area contributed by atoms with Gasteiger partial charge in [-0.1, -0.05) is 12.2 Å². The maximum atomic E-state index is 12.2. The third-order valence-corrected chi connectivity index (χ3v) is 3.06. The van der Waals surface area contributed by atoms with Gasteiger partial charge in [0.2, 0.25) is 0 Å². The number of hydrogen-bond acceptors (Lipinski definition) is 3. The summed E-state index contributed by atoms with van der Waals surface area (Å²) in [5, 5.41) is 3.35. The predicted octanol–water partition coefficient (Wildman–Crippen LogP) is 2.94. The number of piperidine rings is 1. The molecule has 0 aliphatic carbocycles. The van der Waals surface area contributed by atoms with E-state index in [1.807, 2.05) is 32.6 Å². The van der Waals surface area contributed by atoms with Crippen LogP contribution in [-0.4, -0.2) is 42.3 Å². The third kappa shape index (κ3) is 6.10. The molecule has 4 nitrogen and oxygen atoms in total. The molecule has 1 amide bonds. The molecule has 1 aliphatic heterocycles. The highest BCUT2D eigenvalue weighted by Gasteiger charge is 2.29. The summed E-state index contributed by atoms with van der Waals surface area (Å²) in [7, 11) is 0. The third-order valence-electron chi connectivity index (χ3n) is 3.06. The van der Waals surface area contributed by atoms with Gasteiger partial charge in [0.05, 0.1) is 0 Å². The van der Waals surface area contributed by atoms with Gasteiger partial charge >= 0.3 is 6.09 Å². The van der Waals surface area contributed by atoms with Gasteiger partial charge in [-0.15, -0.1) is 0 Å². The van der Waals surface area contributed by atoms with E-state index in [2.05, 4.69) is 11.9 Å². The largest absolute Gasteiger partial charge is 0.444 e. The molecule has 1 rings (SSSR count). The molecule has 0 bridgehead atoms. The fraction of sp³-hybridized carbons (Fsp3) is 0.800. The molecule has 1 unspecified atom stereocenters. The Hall–Kier alpha value is -1.03. The molecule has 1 N–H and O–H groups in total. The topological polar surface area (TPSA) is 41.6 Å². The molecule has 1 fully saturated rings. The van der Waals surface area contributed by atoms with Crippen molar-refractivity contribution in [3.05, 3.63) is 12.2 Å². The zero-order valence-corrected chi connectivity index (χ0v) is 12.8. The maximum absolute atomic E-state index is 12.2. The summed E-state index contributed by atoms with van der Waals surface area (Å²) in [5.74, 6) is 0. The molecule has 1 atom stereocenters. The number of hydrogen-bond donors (Lipinski definition) is 1. The van der Waals surface area contributed by atoms with Crippen molar-refractivity contribution in [2.75, 3.05) is 19.6 Å². The highest BCUT2D eigenvalue weighted by Crippen LogP contribution is 2.20. The zero-order chi connectivity index (χ0) is 14.5. The Labute approximate surface area is 117 Å². The van der Waals surface area contributed by atoms with Gasteiger partial charge in [-0.3, -0.25) is 0 Å². The fourth-order valence-corrected chi connectivity index (χ4v) is 2.23. The van der Waals surface area contributed by atoms with Crippen molar-refractivity contribution in [1.29, 1.82) is 0 Å². The average Bonchev–Trinajstić information content (AvgIpc) is 2.26.